The van der Waals surface area contributed by atoms with Crippen molar-refractivity contribution in [3.63, 3.8) is 0 Å². The average molecular weight is 414 g/mol. The van der Waals surface area contributed by atoms with Gasteiger partial charge in [0.15, 0.2) is 0 Å². The van der Waals surface area contributed by atoms with E-state index in [1.807, 2.05) is 54.9 Å². The van der Waals surface area contributed by atoms with Crippen LogP contribution in [0.4, 0.5) is 0 Å². The number of sulfonamides is 1. The first kappa shape index (κ1) is 21.1. The Morgan fingerprint density at radius 1 is 1.14 bits per heavy atom. The van der Waals surface area contributed by atoms with Crippen LogP contribution in [0, 0.1) is 6.92 Å². The molecule has 0 radical (unpaired) electrons. The molecule has 0 bridgehead atoms. The second-order valence-corrected chi connectivity index (χ2v) is 8.60. The van der Waals surface area contributed by atoms with Gasteiger partial charge in [-0.3, -0.25) is 0 Å². The topological polar surface area (TPSA) is 73.2 Å². The summed E-state index contributed by atoms with van der Waals surface area (Å²) in [4.78, 5) is 4.67. The van der Waals surface area contributed by atoms with E-state index in [0.717, 1.165) is 29.1 Å². The molecule has 7 heteroatoms. The molecule has 0 aliphatic rings. The highest BCUT2D eigenvalue weighted by molar-refractivity contribution is 7.89. The van der Waals surface area contributed by atoms with E-state index >= 15 is 0 Å². The van der Waals surface area contributed by atoms with Gasteiger partial charge in [-0.25, -0.2) is 18.1 Å². The van der Waals surface area contributed by atoms with Crippen molar-refractivity contribution in [2.24, 2.45) is 0 Å². The fourth-order valence-electron chi connectivity index (χ4n) is 3.04. The van der Waals surface area contributed by atoms with E-state index in [-0.39, 0.29) is 4.90 Å². The summed E-state index contributed by atoms with van der Waals surface area (Å²) in [5.74, 6) is 1.60. The van der Waals surface area contributed by atoms with Gasteiger partial charge >= 0.3 is 0 Å². The summed E-state index contributed by atoms with van der Waals surface area (Å²) in [6.07, 6.45) is 5.24. The van der Waals surface area contributed by atoms with Crippen molar-refractivity contribution in [1.82, 2.24) is 14.3 Å². The van der Waals surface area contributed by atoms with Gasteiger partial charge in [0.1, 0.15) is 11.6 Å². The summed E-state index contributed by atoms with van der Waals surface area (Å²) in [6.45, 7) is 5.53. The summed E-state index contributed by atoms with van der Waals surface area (Å²) < 4.78 is 35.5. The first-order chi connectivity index (χ1) is 14.0. The zero-order valence-corrected chi connectivity index (χ0v) is 17.7. The Morgan fingerprint density at radius 2 is 1.93 bits per heavy atom. The van der Waals surface area contributed by atoms with Crippen molar-refractivity contribution in [3.05, 3.63) is 66.5 Å². The minimum absolute atomic E-state index is 0.256. The van der Waals surface area contributed by atoms with Crippen LogP contribution in [0.2, 0.25) is 0 Å². The van der Waals surface area contributed by atoms with Crippen LogP contribution in [0.1, 0.15) is 25.3 Å². The lowest BCUT2D eigenvalue weighted by Crippen LogP contribution is -2.25. The van der Waals surface area contributed by atoms with E-state index in [2.05, 4.69) is 9.71 Å². The zero-order valence-electron chi connectivity index (χ0n) is 16.8. The van der Waals surface area contributed by atoms with E-state index in [0.29, 0.717) is 26.1 Å². The molecule has 3 aromatic rings. The van der Waals surface area contributed by atoms with Crippen molar-refractivity contribution in [1.29, 1.82) is 0 Å². The molecule has 0 fully saturated rings. The van der Waals surface area contributed by atoms with Gasteiger partial charge in [-0.1, -0.05) is 37.3 Å². The smallest absolute Gasteiger partial charge is 0.240 e. The lowest BCUT2D eigenvalue weighted by Gasteiger charge is -2.12. The predicted octanol–water partition coefficient (Wildman–Crippen LogP) is 4.02. The molecule has 29 heavy (non-hydrogen) atoms. The van der Waals surface area contributed by atoms with Gasteiger partial charge < -0.3 is 9.30 Å². The van der Waals surface area contributed by atoms with Crippen molar-refractivity contribution in [3.8, 4) is 17.1 Å². The van der Waals surface area contributed by atoms with Crippen LogP contribution in [0.3, 0.4) is 0 Å². The van der Waals surface area contributed by atoms with Crippen LogP contribution < -0.4 is 9.46 Å². The number of benzene rings is 2. The van der Waals surface area contributed by atoms with Crippen LogP contribution in [-0.4, -0.2) is 31.1 Å². The van der Waals surface area contributed by atoms with Gasteiger partial charge in [0.25, 0.3) is 0 Å². The first-order valence-electron chi connectivity index (χ1n) is 9.81. The van der Waals surface area contributed by atoms with E-state index in [1.54, 1.807) is 24.4 Å². The number of imidazole rings is 1. The number of aryl methyl sites for hydroxylation is 2. The van der Waals surface area contributed by atoms with Crippen LogP contribution in [0.5, 0.6) is 5.75 Å². The lowest BCUT2D eigenvalue weighted by molar-refractivity contribution is 0.315. The van der Waals surface area contributed by atoms with E-state index in [1.165, 1.54) is 0 Å². The summed E-state index contributed by atoms with van der Waals surface area (Å²) in [5.41, 5.74) is 1.85. The molecule has 0 aliphatic heterocycles. The Hall–Kier alpha value is -2.64. The molecular weight excluding hydrogens is 386 g/mol. The SMILES string of the molecule is CCCOc1ccc(S(=O)(=O)NCCCn2ccnc2-c2ccccc2)cc1C. The number of hydrogen-bond acceptors (Lipinski definition) is 4. The zero-order chi connectivity index (χ0) is 20.7. The predicted molar refractivity (Wildman–Crippen MR) is 114 cm³/mol. The van der Waals surface area contributed by atoms with E-state index in [4.69, 9.17) is 4.74 Å². The number of rotatable bonds is 10. The summed E-state index contributed by atoms with van der Waals surface area (Å²) in [5, 5.41) is 0. The third-order valence-electron chi connectivity index (χ3n) is 4.53. The molecule has 0 saturated carbocycles. The Balaban J connectivity index is 1.57. The highest BCUT2D eigenvalue weighted by Crippen LogP contribution is 2.22. The quantitative estimate of drug-likeness (QED) is 0.510. The molecule has 154 valence electrons. The van der Waals surface area contributed by atoms with Crippen LogP contribution >= 0.6 is 0 Å². The maximum absolute atomic E-state index is 12.6. The number of hydrogen-bond donors (Lipinski definition) is 1. The molecule has 3 rings (SSSR count). The van der Waals surface area contributed by atoms with Crippen molar-refractivity contribution >= 4 is 10.0 Å². The molecule has 6 nitrogen and oxygen atoms in total. The minimum atomic E-state index is -3.55. The minimum Gasteiger partial charge on any atom is -0.493 e. The highest BCUT2D eigenvalue weighted by atomic mass is 32.2. The average Bonchev–Trinajstić information content (AvgIpc) is 3.19. The molecule has 1 aromatic heterocycles. The van der Waals surface area contributed by atoms with E-state index in [9.17, 15) is 8.42 Å². The molecule has 2 aromatic carbocycles. The number of ether oxygens (including phenoxy) is 1. The van der Waals surface area contributed by atoms with Crippen molar-refractivity contribution in [2.45, 2.75) is 38.1 Å². The molecule has 0 aliphatic carbocycles. The molecule has 0 atom stereocenters. The van der Waals surface area contributed by atoms with Gasteiger partial charge in [-0.05, 0) is 43.5 Å². The van der Waals surface area contributed by atoms with Crippen molar-refractivity contribution in [2.75, 3.05) is 13.2 Å². The van der Waals surface area contributed by atoms with E-state index < -0.39 is 10.0 Å². The maximum atomic E-state index is 12.6. The Labute approximate surface area is 172 Å². The second-order valence-electron chi connectivity index (χ2n) is 6.84. The van der Waals surface area contributed by atoms with Crippen LogP contribution in [0.25, 0.3) is 11.4 Å². The normalized spacial score (nSPS) is 11.5. The fraction of sp³-hybridized carbons (Fsp3) is 0.318. The third-order valence-corrected chi connectivity index (χ3v) is 5.99. The molecule has 1 heterocycles. The number of aromatic nitrogens is 2. The molecule has 0 spiro atoms. The third kappa shape index (κ3) is 5.46. The molecule has 1 N–H and O–H groups in total. The monoisotopic (exact) mass is 413 g/mol. The second kappa shape index (κ2) is 9.71. The van der Waals surface area contributed by atoms with Gasteiger partial charge in [-0.15, -0.1) is 0 Å². The standard InChI is InChI=1S/C22H27N3O3S/c1-3-16-28-21-11-10-20(17-18(21)2)29(26,27)24-12-7-14-25-15-13-23-22(25)19-8-5-4-6-9-19/h4-6,8-11,13,15,17,24H,3,7,12,14,16H2,1-2H3. The Kier molecular flexibility index (Phi) is 7.06. The largest absolute Gasteiger partial charge is 0.493 e. The fourth-order valence-corrected chi connectivity index (χ4v) is 4.20. The molecule has 0 amide bonds. The summed E-state index contributed by atoms with van der Waals surface area (Å²) in [7, 11) is -3.55. The Bertz CT molecular complexity index is 1030. The van der Waals surface area contributed by atoms with Gasteiger partial charge in [0, 0.05) is 31.0 Å². The maximum Gasteiger partial charge on any atom is 0.240 e. The van der Waals surface area contributed by atoms with Gasteiger partial charge in [-0.2, -0.15) is 0 Å². The first-order valence-corrected chi connectivity index (χ1v) is 11.3. The highest BCUT2D eigenvalue weighted by Gasteiger charge is 2.15. The van der Waals surface area contributed by atoms with Crippen LogP contribution in [-0.2, 0) is 16.6 Å². The number of nitrogens with one attached hydrogen (secondary N) is 1. The van der Waals surface area contributed by atoms with Crippen molar-refractivity contribution < 1.29 is 13.2 Å². The van der Waals surface area contributed by atoms with Crippen LogP contribution in [0.15, 0.2) is 65.8 Å². The molecular formula is C22H27N3O3S. The Morgan fingerprint density at radius 3 is 2.66 bits per heavy atom. The summed E-state index contributed by atoms with van der Waals surface area (Å²) >= 11 is 0. The van der Waals surface area contributed by atoms with Gasteiger partial charge in [0.05, 0.1) is 11.5 Å². The molecule has 0 unspecified atom stereocenters. The van der Waals surface area contributed by atoms with Gasteiger partial charge in [0.2, 0.25) is 10.0 Å². The summed E-state index contributed by atoms with van der Waals surface area (Å²) in [6, 6.07) is 14.9. The number of nitrogens with zero attached hydrogens (tertiary/aromatic N) is 2. The molecule has 0 saturated heterocycles. The lowest BCUT2D eigenvalue weighted by atomic mass is 10.2.